The summed E-state index contributed by atoms with van der Waals surface area (Å²) in [5, 5.41) is 25.7. The number of urea groups is 1. The lowest BCUT2D eigenvalue weighted by atomic mass is 9.41. The number of nitrogens with one attached hydrogen (secondary N) is 2. The standard InChI is InChI=1S/C32H57N3O3S/c1-6-22-27-19-21(36)11-14-32(27,5)26-12-15-31(4)24(9-10-25(31)28(26)29(22)37)23(20(2)3)13-16-33-30(38)34-39-35-17-7-8-18-35/h20-29,36-37H,6-19H2,1-5H3,(H2,33,34,38)/t21-,22-,23+,24-,25+,26+,27+,28+,29-,31-,32-/m1/s1. The van der Waals surface area contributed by atoms with Crippen molar-refractivity contribution in [3.63, 3.8) is 0 Å². The maximum Gasteiger partial charge on any atom is 0.325 e. The van der Waals surface area contributed by atoms with E-state index in [-0.39, 0.29) is 29.1 Å². The summed E-state index contributed by atoms with van der Waals surface area (Å²) in [6, 6.07) is -0.0678. The summed E-state index contributed by atoms with van der Waals surface area (Å²) >= 11 is 1.45. The molecule has 11 atom stereocenters. The number of aliphatic hydroxyl groups is 2. The molecule has 1 saturated heterocycles. The van der Waals surface area contributed by atoms with Crippen LogP contribution in [0.3, 0.4) is 0 Å². The van der Waals surface area contributed by atoms with E-state index in [1.54, 1.807) is 0 Å². The first-order chi connectivity index (χ1) is 18.6. The zero-order valence-corrected chi connectivity index (χ0v) is 26.1. The first-order valence-corrected chi connectivity index (χ1v) is 17.2. The largest absolute Gasteiger partial charge is 0.393 e. The molecule has 5 fully saturated rings. The van der Waals surface area contributed by atoms with Crippen molar-refractivity contribution in [2.45, 2.75) is 117 Å². The molecule has 4 saturated carbocycles. The van der Waals surface area contributed by atoms with E-state index < -0.39 is 0 Å². The lowest BCUT2D eigenvalue weighted by Crippen LogP contribution is -2.62. The average Bonchev–Trinajstić information content (AvgIpc) is 3.54. The number of hydrogen-bond donors (Lipinski definition) is 4. The van der Waals surface area contributed by atoms with Gasteiger partial charge in [0.25, 0.3) is 0 Å². The van der Waals surface area contributed by atoms with Gasteiger partial charge in [-0.3, -0.25) is 4.72 Å². The molecule has 5 rings (SSSR count). The van der Waals surface area contributed by atoms with Gasteiger partial charge in [0.05, 0.1) is 12.2 Å². The summed E-state index contributed by atoms with van der Waals surface area (Å²) < 4.78 is 5.20. The van der Waals surface area contributed by atoms with Crippen molar-refractivity contribution in [1.82, 2.24) is 14.3 Å². The van der Waals surface area contributed by atoms with E-state index in [1.165, 1.54) is 50.7 Å². The minimum atomic E-state index is -0.234. The van der Waals surface area contributed by atoms with E-state index in [9.17, 15) is 15.0 Å². The third-order valence-electron chi connectivity index (χ3n) is 12.9. The van der Waals surface area contributed by atoms with Gasteiger partial charge in [-0.1, -0.05) is 41.0 Å². The van der Waals surface area contributed by atoms with E-state index in [1.807, 2.05) is 0 Å². The van der Waals surface area contributed by atoms with Crippen LogP contribution in [0.25, 0.3) is 0 Å². The van der Waals surface area contributed by atoms with Crippen LogP contribution in [0, 0.1) is 58.2 Å². The lowest BCUT2D eigenvalue weighted by molar-refractivity contribution is -0.204. The zero-order chi connectivity index (χ0) is 27.9. The Kier molecular flexibility index (Phi) is 9.23. The predicted octanol–water partition coefficient (Wildman–Crippen LogP) is 6.23. The Morgan fingerprint density at radius 2 is 1.69 bits per heavy atom. The van der Waals surface area contributed by atoms with E-state index >= 15 is 0 Å². The molecule has 0 aromatic rings. The number of nitrogens with zero attached hydrogens (tertiary/aromatic N) is 1. The second-order valence-corrected chi connectivity index (χ2v) is 15.8. The lowest BCUT2D eigenvalue weighted by Gasteiger charge is -2.65. The Morgan fingerprint density at radius 1 is 1.00 bits per heavy atom. The first kappa shape index (κ1) is 30.0. The van der Waals surface area contributed by atoms with Gasteiger partial charge in [0, 0.05) is 31.8 Å². The number of carbonyl (C=O) groups excluding carboxylic acids is 1. The van der Waals surface area contributed by atoms with Crippen LogP contribution < -0.4 is 10.0 Å². The van der Waals surface area contributed by atoms with Crippen molar-refractivity contribution >= 4 is 18.2 Å². The fraction of sp³-hybridized carbons (Fsp3) is 0.969. The highest BCUT2D eigenvalue weighted by Crippen LogP contribution is 2.69. The van der Waals surface area contributed by atoms with E-state index in [2.05, 4.69) is 49.0 Å². The summed E-state index contributed by atoms with van der Waals surface area (Å²) in [4.78, 5) is 12.5. The molecule has 0 radical (unpaired) electrons. The number of amides is 2. The minimum Gasteiger partial charge on any atom is -0.393 e. The molecule has 0 bridgehead atoms. The van der Waals surface area contributed by atoms with Crippen molar-refractivity contribution in [1.29, 1.82) is 0 Å². The molecule has 5 aliphatic rings. The SMILES string of the molecule is CC[C@H]1[C@@H](O)[C@@H]2[C@H](CC[C@]3(C)[C@@H]([C@@H](CCNC(=O)NSN4CCCC4)C(C)C)CC[C@@H]23)[C@@]2(C)CC[C@@H](O)C[C@@H]12. The molecule has 39 heavy (non-hydrogen) atoms. The van der Waals surface area contributed by atoms with Crippen LogP contribution in [-0.2, 0) is 0 Å². The Labute approximate surface area is 242 Å². The van der Waals surface area contributed by atoms with Crippen LogP contribution in [0.2, 0.25) is 0 Å². The predicted molar refractivity (Wildman–Crippen MR) is 160 cm³/mol. The third-order valence-corrected chi connectivity index (χ3v) is 13.8. The van der Waals surface area contributed by atoms with Gasteiger partial charge in [-0.05, 0) is 122 Å². The maximum atomic E-state index is 12.5. The summed E-state index contributed by atoms with van der Waals surface area (Å²) in [5.74, 6) is 4.15. The van der Waals surface area contributed by atoms with E-state index in [0.29, 0.717) is 47.3 Å². The summed E-state index contributed by atoms with van der Waals surface area (Å²) in [6.07, 6.45) is 12.0. The van der Waals surface area contributed by atoms with Gasteiger partial charge in [0.1, 0.15) is 0 Å². The second kappa shape index (κ2) is 12.0. The molecule has 224 valence electrons. The fourth-order valence-corrected chi connectivity index (χ4v) is 11.7. The average molecular weight is 564 g/mol. The number of aliphatic hydroxyl groups excluding tert-OH is 2. The molecular formula is C32H57N3O3S. The normalized spacial score (nSPS) is 44.9. The third kappa shape index (κ3) is 5.52. The molecule has 1 heterocycles. The van der Waals surface area contributed by atoms with Crippen LogP contribution in [0.5, 0.6) is 0 Å². The van der Waals surface area contributed by atoms with Gasteiger partial charge >= 0.3 is 6.03 Å². The number of carbonyl (C=O) groups is 1. The first-order valence-electron chi connectivity index (χ1n) is 16.4. The molecule has 0 spiro atoms. The zero-order valence-electron chi connectivity index (χ0n) is 25.3. The summed E-state index contributed by atoms with van der Waals surface area (Å²) in [6.45, 7) is 14.9. The van der Waals surface area contributed by atoms with Crippen LogP contribution in [0.15, 0.2) is 0 Å². The van der Waals surface area contributed by atoms with Gasteiger partial charge in [-0.25, -0.2) is 9.10 Å². The van der Waals surface area contributed by atoms with Gasteiger partial charge in [-0.15, -0.1) is 0 Å². The Balaban J connectivity index is 1.26. The second-order valence-electron chi connectivity index (χ2n) is 14.9. The molecule has 7 heteroatoms. The Morgan fingerprint density at radius 3 is 2.38 bits per heavy atom. The quantitative estimate of drug-likeness (QED) is 0.263. The molecular weight excluding hydrogens is 506 g/mol. The smallest absolute Gasteiger partial charge is 0.325 e. The van der Waals surface area contributed by atoms with Crippen molar-refractivity contribution in [3.05, 3.63) is 0 Å². The Hall–Kier alpha value is -0.500. The molecule has 0 aromatic carbocycles. The van der Waals surface area contributed by atoms with Gasteiger partial charge in [-0.2, -0.15) is 0 Å². The Bertz CT molecular complexity index is 853. The topological polar surface area (TPSA) is 84.8 Å². The molecule has 4 aliphatic carbocycles. The molecule has 2 amide bonds. The van der Waals surface area contributed by atoms with Gasteiger partial charge in [0.2, 0.25) is 0 Å². The molecule has 0 unspecified atom stereocenters. The summed E-state index contributed by atoms with van der Waals surface area (Å²) in [5.41, 5.74) is 0.519. The molecule has 1 aliphatic heterocycles. The number of hydrogen-bond acceptors (Lipinski definition) is 5. The highest BCUT2D eigenvalue weighted by molar-refractivity contribution is 7.95. The fourth-order valence-electron chi connectivity index (χ4n) is 11.0. The van der Waals surface area contributed by atoms with Crippen LogP contribution in [0.1, 0.15) is 105 Å². The monoisotopic (exact) mass is 563 g/mol. The van der Waals surface area contributed by atoms with Crippen LogP contribution in [-0.4, -0.2) is 52.4 Å². The highest BCUT2D eigenvalue weighted by atomic mass is 32.2. The molecule has 6 nitrogen and oxygen atoms in total. The van der Waals surface area contributed by atoms with Crippen molar-refractivity contribution in [2.24, 2.45) is 58.2 Å². The van der Waals surface area contributed by atoms with E-state index in [0.717, 1.165) is 51.7 Å². The van der Waals surface area contributed by atoms with Crippen molar-refractivity contribution < 1.29 is 15.0 Å². The summed E-state index contributed by atoms with van der Waals surface area (Å²) in [7, 11) is 0. The van der Waals surface area contributed by atoms with Crippen LogP contribution in [0.4, 0.5) is 4.79 Å². The highest BCUT2D eigenvalue weighted by Gasteiger charge is 2.65. The number of fused-ring (bicyclic) bond motifs is 5. The van der Waals surface area contributed by atoms with Crippen molar-refractivity contribution in [3.8, 4) is 0 Å². The molecule has 0 aromatic heterocycles. The maximum absolute atomic E-state index is 12.5. The minimum absolute atomic E-state index is 0.0678. The van der Waals surface area contributed by atoms with Crippen LogP contribution >= 0.6 is 12.1 Å². The molecule has 4 N–H and O–H groups in total. The van der Waals surface area contributed by atoms with E-state index in [4.69, 9.17) is 0 Å². The van der Waals surface area contributed by atoms with Crippen molar-refractivity contribution in [2.75, 3.05) is 19.6 Å². The van der Waals surface area contributed by atoms with Gasteiger partial charge < -0.3 is 15.5 Å². The number of rotatable bonds is 8. The van der Waals surface area contributed by atoms with Gasteiger partial charge in [0.15, 0.2) is 0 Å².